The largest absolute Gasteiger partial charge is 0.489 e. The molecule has 0 saturated carbocycles. The summed E-state index contributed by atoms with van der Waals surface area (Å²) < 4.78 is 10.3. The Labute approximate surface area is 81.2 Å². The van der Waals surface area contributed by atoms with Gasteiger partial charge in [-0.1, -0.05) is 18.2 Å². The lowest BCUT2D eigenvalue weighted by atomic mass is 10.3. The molecule has 0 unspecified atom stereocenters. The number of para-hydroxylation sites is 1. The first-order valence-corrected chi connectivity index (χ1v) is 4.26. The normalized spacial score (nSPS) is 19.4. The Morgan fingerprint density at radius 1 is 1.36 bits per heavy atom. The average molecular weight is 191 g/mol. The molecular formula is C10H9NO3. The van der Waals surface area contributed by atoms with Crippen LogP contribution in [0.3, 0.4) is 0 Å². The van der Waals surface area contributed by atoms with Crippen LogP contribution in [-0.2, 0) is 9.53 Å². The second-order valence-corrected chi connectivity index (χ2v) is 2.82. The monoisotopic (exact) mass is 191 g/mol. The Hall–Kier alpha value is -1.84. The first kappa shape index (κ1) is 8.74. The van der Waals surface area contributed by atoms with Gasteiger partial charge in [-0.2, -0.15) is 4.99 Å². The number of benzene rings is 1. The maximum Gasteiger partial charge on any atom is 0.293 e. The van der Waals surface area contributed by atoms with E-state index in [-0.39, 0.29) is 12.5 Å². The van der Waals surface area contributed by atoms with Gasteiger partial charge in [-0.15, -0.1) is 0 Å². The molecule has 1 aromatic carbocycles. The molecule has 0 saturated heterocycles. The third-order valence-electron chi connectivity index (χ3n) is 1.83. The lowest BCUT2D eigenvalue weighted by Gasteiger charge is -2.09. The molecule has 0 bridgehead atoms. The maximum atomic E-state index is 11.0. The van der Waals surface area contributed by atoms with Gasteiger partial charge in [0.1, 0.15) is 12.4 Å². The predicted molar refractivity (Wildman–Crippen MR) is 50.3 cm³/mol. The van der Waals surface area contributed by atoms with Crippen LogP contribution in [0.25, 0.3) is 0 Å². The van der Waals surface area contributed by atoms with E-state index in [1.807, 2.05) is 30.3 Å². The van der Waals surface area contributed by atoms with Crippen molar-refractivity contribution in [2.45, 2.75) is 6.10 Å². The number of rotatable bonds is 3. The second-order valence-electron chi connectivity index (χ2n) is 2.82. The van der Waals surface area contributed by atoms with Gasteiger partial charge in [0.15, 0.2) is 6.40 Å². The molecule has 0 aromatic heterocycles. The first-order chi connectivity index (χ1) is 6.86. The smallest absolute Gasteiger partial charge is 0.293 e. The fraction of sp³-hybridized carbons (Fsp3) is 0.200. The molecule has 1 aromatic rings. The van der Waals surface area contributed by atoms with Gasteiger partial charge < -0.3 is 9.47 Å². The molecule has 4 nitrogen and oxygen atoms in total. The third-order valence-corrected chi connectivity index (χ3v) is 1.83. The number of nitrogens with zero attached hydrogens (tertiary/aromatic N) is 1. The summed E-state index contributed by atoms with van der Waals surface area (Å²) in [6, 6.07) is 9.26. The highest BCUT2D eigenvalue weighted by atomic mass is 16.5. The molecule has 0 spiro atoms. The predicted octanol–water partition coefficient (Wildman–Crippen LogP) is 1.02. The van der Waals surface area contributed by atoms with Gasteiger partial charge in [0.05, 0.1) is 0 Å². The topological polar surface area (TPSA) is 47.9 Å². The van der Waals surface area contributed by atoms with Crippen LogP contribution in [0.15, 0.2) is 35.3 Å². The highest BCUT2D eigenvalue weighted by Gasteiger charge is 2.23. The molecular weight excluding hydrogens is 182 g/mol. The van der Waals surface area contributed by atoms with Crippen LogP contribution in [0, 0.1) is 0 Å². The Bertz CT molecular complexity index is 348. The Kier molecular flexibility index (Phi) is 2.44. The summed E-state index contributed by atoms with van der Waals surface area (Å²) in [7, 11) is 0. The quantitative estimate of drug-likeness (QED) is 0.716. The fourth-order valence-corrected chi connectivity index (χ4v) is 1.10. The van der Waals surface area contributed by atoms with Gasteiger partial charge in [0.2, 0.25) is 6.10 Å². The van der Waals surface area contributed by atoms with Gasteiger partial charge in [0.25, 0.3) is 5.91 Å². The highest BCUT2D eigenvalue weighted by molar-refractivity contribution is 5.91. The van der Waals surface area contributed by atoms with Crippen LogP contribution in [0.4, 0.5) is 0 Å². The summed E-state index contributed by atoms with van der Waals surface area (Å²) in [6.45, 7) is 0.197. The van der Waals surface area contributed by atoms with E-state index >= 15 is 0 Å². The van der Waals surface area contributed by atoms with E-state index in [0.717, 1.165) is 12.2 Å². The van der Waals surface area contributed by atoms with Crippen LogP contribution in [-0.4, -0.2) is 25.0 Å². The molecule has 72 valence electrons. The van der Waals surface area contributed by atoms with E-state index in [1.165, 1.54) is 0 Å². The number of carbonyl (C=O) groups is 1. The standard InChI is InChI=1S/C10H9NO3/c12-10-9(14-7-11-10)6-13-8-4-2-1-3-5-8/h1-5,7,9H,6H2/t9-/m0/s1. The van der Waals surface area contributed by atoms with Crippen molar-refractivity contribution in [3.05, 3.63) is 30.3 Å². The zero-order valence-electron chi connectivity index (χ0n) is 7.42. The minimum atomic E-state index is -0.588. The summed E-state index contributed by atoms with van der Waals surface area (Å²) in [5.41, 5.74) is 0. The first-order valence-electron chi connectivity index (χ1n) is 4.26. The molecule has 1 aliphatic heterocycles. The van der Waals surface area contributed by atoms with Gasteiger partial charge >= 0.3 is 0 Å². The van der Waals surface area contributed by atoms with Crippen molar-refractivity contribution in [1.82, 2.24) is 0 Å². The zero-order valence-corrected chi connectivity index (χ0v) is 7.42. The van der Waals surface area contributed by atoms with E-state index in [2.05, 4.69) is 4.99 Å². The Balaban J connectivity index is 1.86. The van der Waals surface area contributed by atoms with Crippen LogP contribution in [0.2, 0.25) is 0 Å². The van der Waals surface area contributed by atoms with Crippen LogP contribution in [0.5, 0.6) is 5.75 Å². The molecule has 14 heavy (non-hydrogen) atoms. The molecule has 1 amide bonds. The SMILES string of the molecule is O=C1N=CO[C@H]1COc1ccccc1. The van der Waals surface area contributed by atoms with Crippen molar-refractivity contribution in [3.8, 4) is 5.75 Å². The summed E-state index contributed by atoms with van der Waals surface area (Å²) in [4.78, 5) is 14.5. The lowest BCUT2D eigenvalue weighted by molar-refractivity contribution is -0.123. The van der Waals surface area contributed by atoms with Crippen molar-refractivity contribution in [2.24, 2.45) is 4.99 Å². The van der Waals surface area contributed by atoms with Crippen molar-refractivity contribution >= 4 is 12.3 Å². The molecule has 0 N–H and O–H groups in total. The molecule has 1 atom stereocenters. The minimum Gasteiger partial charge on any atom is -0.489 e. The van der Waals surface area contributed by atoms with Gasteiger partial charge in [-0.25, -0.2) is 0 Å². The van der Waals surface area contributed by atoms with Crippen molar-refractivity contribution in [1.29, 1.82) is 0 Å². The number of aliphatic imine (C=N–C) groups is 1. The van der Waals surface area contributed by atoms with Gasteiger partial charge in [-0.05, 0) is 12.1 Å². The Morgan fingerprint density at radius 3 is 2.79 bits per heavy atom. The van der Waals surface area contributed by atoms with Crippen LogP contribution >= 0.6 is 0 Å². The van der Waals surface area contributed by atoms with E-state index in [9.17, 15) is 4.79 Å². The van der Waals surface area contributed by atoms with E-state index in [1.54, 1.807) is 0 Å². The van der Waals surface area contributed by atoms with Gasteiger partial charge in [0, 0.05) is 0 Å². The van der Waals surface area contributed by atoms with Crippen LogP contribution < -0.4 is 4.74 Å². The summed E-state index contributed by atoms with van der Waals surface area (Å²) in [5.74, 6) is 0.428. The molecule has 1 heterocycles. The minimum absolute atomic E-state index is 0.197. The third kappa shape index (κ3) is 1.90. The number of amides is 1. The summed E-state index contributed by atoms with van der Waals surface area (Å²) in [6.07, 6.45) is 0.566. The zero-order chi connectivity index (χ0) is 9.80. The molecule has 0 radical (unpaired) electrons. The highest BCUT2D eigenvalue weighted by Crippen LogP contribution is 2.10. The maximum absolute atomic E-state index is 11.0. The average Bonchev–Trinajstić information content (AvgIpc) is 2.63. The van der Waals surface area contributed by atoms with Crippen molar-refractivity contribution in [2.75, 3.05) is 6.61 Å². The molecule has 0 aliphatic carbocycles. The number of hydrogen-bond donors (Lipinski definition) is 0. The second kappa shape index (κ2) is 3.91. The van der Waals surface area contributed by atoms with E-state index in [4.69, 9.17) is 9.47 Å². The molecule has 4 heteroatoms. The number of hydrogen-bond acceptors (Lipinski definition) is 3. The molecule has 2 rings (SSSR count). The van der Waals surface area contributed by atoms with E-state index < -0.39 is 6.10 Å². The van der Waals surface area contributed by atoms with Crippen molar-refractivity contribution < 1.29 is 14.3 Å². The fourth-order valence-electron chi connectivity index (χ4n) is 1.10. The molecule has 1 aliphatic rings. The number of carbonyl (C=O) groups excluding carboxylic acids is 1. The summed E-state index contributed by atoms with van der Waals surface area (Å²) in [5, 5.41) is 0. The van der Waals surface area contributed by atoms with Crippen molar-refractivity contribution in [3.63, 3.8) is 0 Å². The van der Waals surface area contributed by atoms with E-state index in [0.29, 0.717) is 0 Å². The summed E-state index contributed by atoms with van der Waals surface area (Å²) >= 11 is 0. The Morgan fingerprint density at radius 2 is 2.14 bits per heavy atom. The van der Waals surface area contributed by atoms with Gasteiger partial charge in [-0.3, -0.25) is 4.79 Å². The lowest BCUT2D eigenvalue weighted by Crippen LogP contribution is -2.24. The van der Waals surface area contributed by atoms with Crippen LogP contribution in [0.1, 0.15) is 0 Å². The number of ether oxygens (including phenoxy) is 2. The molecule has 0 fully saturated rings.